The van der Waals surface area contributed by atoms with Gasteiger partial charge in [-0.25, -0.2) is 4.79 Å². The summed E-state index contributed by atoms with van der Waals surface area (Å²) in [5, 5.41) is 4.05. The smallest absolute Gasteiger partial charge is 0.337 e. The maximum absolute atomic E-state index is 12.2. The highest BCUT2D eigenvalue weighted by atomic mass is 32.1. The fourth-order valence-corrected chi connectivity index (χ4v) is 5.09. The molecular weight excluding hydrogens is 476 g/mol. The number of nitrogens with zero attached hydrogens (tertiary/aromatic N) is 3. The number of pyridine rings is 1. The molecule has 2 aromatic carbocycles. The minimum Gasteiger partial charge on any atom is -0.465 e. The summed E-state index contributed by atoms with van der Waals surface area (Å²) in [5.41, 5.74) is 4.02. The molecule has 9 heteroatoms. The van der Waals surface area contributed by atoms with Gasteiger partial charge in [-0.3, -0.25) is 4.98 Å². The number of anilines is 1. The average Bonchev–Trinajstić information content (AvgIpc) is 3.66. The van der Waals surface area contributed by atoms with Crippen LogP contribution < -0.4 is 19.7 Å². The first-order chi connectivity index (χ1) is 17.6. The molecule has 0 bridgehead atoms. The fourth-order valence-electron chi connectivity index (χ4n) is 4.74. The second kappa shape index (κ2) is 9.01. The van der Waals surface area contributed by atoms with Crippen LogP contribution in [0.1, 0.15) is 33.8 Å². The van der Waals surface area contributed by atoms with Crippen molar-refractivity contribution in [2.75, 3.05) is 18.8 Å². The first-order valence-corrected chi connectivity index (χ1v) is 11.8. The summed E-state index contributed by atoms with van der Waals surface area (Å²) in [6, 6.07) is 22.6. The lowest BCUT2D eigenvalue weighted by Gasteiger charge is -2.29. The highest BCUT2D eigenvalue weighted by Gasteiger charge is 2.42. The largest absolute Gasteiger partial charge is 0.465 e. The van der Waals surface area contributed by atoms with Crippen molar-refractivity contribution in [1.82, 2.24) is 14.9 Å². The summed E-state index contributed by atoms with van der Waals surface area (Å²) in [5.74, 6) is 0.997. The van der Waals surface area contributed by atoms with E-state index < -0.39 is 0 Å². The minimum atomic E-state index is -0.386. The Balaban J connectivity index is 1.49. The number of hydrogen-bond donors (Lipinski definition) is 1. The number of methoxy groups -OCH3 is 1. The van der Waals surface area contributed by atoms with E-state index in [1.807, 2.05) is 66.9 Å². The molecule has 8 nitrogen and oxygen atoms in total. The van der Waals surface area contributed by atoms with Crippen molar-refractivity contribution >= 4 is 29.0 Å². The van der Waals surface area contributed by atoms with Crippen LogP contribution in [0.2, 0.25) is 0 Å². The maximum Gasteiger partial charge on any atom is 0.337 e. The summed E-state index contributed by atoms with van der Waals surface area (Å²) in [7, 11) is 1.38. The van der Waals surface area contributed by atoms with Gasteiger partial charge < -0.3 is 29.0 Å². The van der Waals surface area contributed by atoms with Crippen LogP contribution in [0, 0.1) is 0 Å². The van der Waals surface area contributed by atoms with Gasteiger partial charge in [0.25, 0.3) is 0 Å². The zero-order chi connectivity index (χ0) is 24.6. The number of ether oxygens (including phenoxy) is 3. The predicted molar refractivity (Wildman–Crippen MR) is 138 cm³/mol. The summed E-state index contributed by atoms with van der Waals surface area (Å²) in [4.78, 5) is 18.9. The lowest BCUT2D eigenvalue weighted by atomic mass is 10.0. The van der Waals surface area contributed by atoms with E-state index in [1.54, 1.807) is 12.3 Å². The number of hydrogen-bond acceptors (Lipinski definition) is 6. The fraction of sp³-hybridized carbons (Fsp3) is 0.148. The van der Waals surface area contributed by atoms with E-state index in [0.717, 1.165) is 22.8 Å². The van der Waals surface area contributed by atoms with Crippen LogP contribution in [0.15, 0.2) is 85.2 Å². The number of esters is 1. The van der Waals surface area contributed by atoms with Crippen LogP contribution in [0.5, 0.6) is 11.5 Å². The minimum absolute atomic E-state index is 0.195. The molecule has 2 aliphatic heterocycles. The van der Waals surface area contributed by atoms with E-state index >= 15 is 0 Å². The van der Waals surface area contributed by atoms with Crippen molar-refractivity contribution in [2.24, 2.45) is 0 Å². The Labute approximate surface area is 213 Å². The molecule has 180 valence electrons. The first-order valence-electron chi connectivity index (χ1n) is 11.4. The van der Waals surface area contributed by atoms with Crippen LogP contribution in [0.4, 0.5) is 5.69 Å². The molecule has 1 fully saturated rings. The second-order valence-electron chi connectivity index (χ2n) is 8.38. The molecule has 0 saturated carbocycles. The number of aromatic nitrogens is 2. The van der Waals surface area contributed by atoms with Gasteiger partial charge in [-0.15, -0.1) is 0 Å². The van der Waals surface area contributed by atoms with Crippen molar-refractivity contribution in [3.8, 4) is 17.2 Å². The Kier molecular flexibility index (Phi) is 5.54. The van der Waals surface area contributed by atoms with Crippen LogP contribution in [-0.2, 0) is 4.74 Å². The van der Waals surface area contributed by atoms with Gasteiger partial charge in [0.1, 0.15) is 6.04 Å². The maximum atomic E-state index is 12.2. The molecular formula is C27H22N4O4S. The zero-order valence-electron chi connectivity index (χ0n) is 19.3. The Morgan fingerprint density at radius 1 is 1.03 bits per heavy atom. The molecule has 1 saturated heterocycles. The number of benzene rings is 2. The standard InChI is InChI=1S/C27H22N4O4S/c1-33-26(32)17-6-4-7-18(14-17)30-13-5-9-21(30)25-24(20-8-2-3-12-28-20)29-27(36)31(25)19-10-11-22-23(15-19)35-16-34-22/h2-15,24-25H,16H2,1H3,(H,29,36)/t24-,25-/m1/s1. The third-order valence-corrected chi connectivity index (χ3v) is 6.68. The van der Waals surface area contributed by atoms with E-state index in [2.05, 4.69) is 25.8 Å². The number of carbonyl (C=O) groups is 1. The first kappa shape index (κ1) is 22.1. The van der Waals surface area contributed by atoms with Crippen LogP contribution in [0.25, 0.3) is 5.69 Å². The van der Waals surface area contributed by atoms with Gasteiger partial charge in [0.15, 0.2) is 16.6 Å². The molecule has 4 aromatic rings. The molecule has 1 N–H and O–H groups in total. The SMILES string of the molecule is COC(=O)c1cccc(-n2cccc2[C@@H]2[C@@H](c3ccccn3)NC(=S)N2c2ccc3c(c2)OCO3)c1. The monoisotopic (exact) mass is 498 g/mol. The number of carbonyl (C=O) groups excluding carboxylic acids is 1. The Hall–Kier alpha value is -4.37. The molecule has 6 rings (SSSR count). The number of thiocarbonyl (C=S) groups is 1. The summed E-state index contributed by atoms with van der Waals surface area (Å²) < 4.78 is 18.1. The highest BCUT2D eigenvalue weighted by Crippen LogP contribution is 2.44. The zero-order valence-corrected chi connectivity index (χ0v) is 20.1. The Bertz CT molecular complexity index is 1460. The van der Waals surface area contributed by atoms with Crippen LogP contribution in [0.3, 0.4) is 0 Å². The third kappa shape index (κ3) is 3.74. The summed E-state index contributed by atoms with van der Waals surface area (Å²) >= 11 is 5.85. The van der Waals surface area contributed by atoms with Crippen molar-refractivity contribution in [3.05, 3.63) is 102 Å². The normalized spacial score (nSPS) is 18.2. The van der Waals surface area contributed by atoms with Gasteiger partial charge >= 0.3 is 5.97 Å². The average molecular weight is 499 g/mol. The van der Waals surface area contributed by atoms with Gasteiger partial charge in [-0.2, -0.15) is 0 Å². The number of fused-ring (bicyclic) bond motifs is 1. The van der Waals surface area contributed by atoms with E-state index in [-0.39, 0.29) is 24.8 Å². The van der Waals surface area contributed by atoms with Crippen molar-refractivity contribution in [1.29, 1.82) is 0 Å². The molecule has 2 aromatic heterocycles. The molecule has 0 unspecified atom stereocenters. The van der Waals surface area contributed by atoms with E-state index in [1.165, 1.54) is 7.11 Å². The van der Waals surface area contributed by atoms with Gasteiger partial charge in [0.05, 0.1) is 24.4 Å². The lowest BCUT2D eigenvalue weighted by Crippen LogP contribution is -2.30. The Morgan fingerprint density at radius 3 is 2.75 bits per heavy atom. The van der Waals surface area contributed by atoms with Crippen molar-refractivity contribution in [2.45, 2.75) is 12.1 Å². The van der Waals surface area contributed by atoms with Gasteiger partial charge in [-0.1, -0.05) is 12.1 Å². The second-order valence-corrected chi connectivity index (χ2v) is 8.77. The van der Waals surface area contributed by atoms with Crippen molar-refractivity contribution in [3.63, 3.8) is 0 Å². The Morgan fingerprint density at radius 2 is 1.92 bits per heavy atom. The molecule has 0 radical (unpaired) electrons. The van der Waals surface area contributed by atoms with E-state index in [9.17, 15) is 4.79 Å². The van der Waals surface area contributed by atoms with Crippen molar-refractivity contribution < 1.29 is 19.0 Å². The molecule has 2 atom stereocenters. The molecule has 4 heterocycles. The topological polar surface area (TPSA) is 77.9 Å². The predicted octanol–water partition coefficient (Wildman–Crippen LogP) is 4.56. The number of rotatable bonds is 5. The lowest BCUT2D eigenvalue weighted by molar-refractivity contribution is 0.0600. The van der Waals surface area contributed by atoms with Crippen LogP contribution in [-0.4, -0.2) is 34.5 Å². The van der Waals surface area contributed by atoms with E-state index in [0.29, 0.717) is 22.2 Å². The molecule has 0 spiro atoms. The van der Waals surface area contributed by atoms with E-state index in [4.69, 9.17) is 26.4 Å². The highest BCUT2D eigenvalue weighted by molar-refractivity contribution is 7.80. The third-order valence-electron chi connectivity index (χ3n) is 6.36. The molecule has 0 amide bonds. The summed E-state index contributed by atoms with van der Waals surface area (Å²) in [6.45, 7) is 0.195. The molecule has 0 aliphatic carbocycles. The molecule has 2 aliphatic rings. The molecule has 36 heavy (non-hydrogen) atoms. The number of nitrogens with one attached hydrogen (secondary N) is 1. The van der Waals surface area contributed by atoms with Crippen LogP contribution >= 0.6 is 12.2 Å². The van der Waals surface area contributed by atoms with Gasteiger partial charge in [0.2, 0.25) is 6.79 Å². The summed E-state index contributed by atoms with van der Waals surface area (Å²) in [6.07, 6.45) is 3.75. The quantitative estimate of drug-likeness (QED) is 0.317. The van der Waals surface area contributed by atoms with Gasteiger partial charge in [0, 0.05) is 35.5 Å². The van der Waals surface area contributed by atoms with Gasteiger partial charge in [-0.05, 0) is 66.8 Å².